The third-order valence-electron chi connectivity index (χ3n) is 6.48. The molecule has 3 aliphatic rings. The summed E-state index contributed by atoms with van der Waals surface area (Å²) in [5.74, 6) is 1.12. The van der Waals surface area contributed by atoms with E-state index in [9.17, 15) is 0 Å². The standard InChI is InChI=1S/C21H34N4OS/c1-3-22-20(25-10-9-21(16-25)7-4-8-21)23-15-18(19-6-5-17(2)27-19)24-11-13-26-14-12-24/h5-6,18H,3-4,7-16H2,1-2H3,(H,22,23). The highest BCUT2D eigenvalue weighted by molar-refractivity contribution is 7.12. The predicted molar refractivity (Wildman–Crippen MR) is 113 cm³/mol. The number of hydrogen-bond donors (Lipinski definition) is 1. The van der Waals surface area contributed by atoms with E-state index in [1.54, 1.807) is 0 Å². The zero-order chi connectivity index (χ0) is 18.7. The first-order valence-corrected chi connectivity index (χ1v) is 11.4. The number of likely N-dealkylation sites (tertiary alicyclic amines) is 1. The fourth-order valence-electron chi connectivity index (χ4n) is 4.71. The van der Waals surface area contributed by atoms with Gasteiger partial charge in [0.1, 0.15) is 0 Å². The largest absolute Gasteiger partial charge is 0.379 e. The van der Waals surface area contributed by atoms with Gasteiger partial charge in [-0.15, -0.1) is 11.3 Å². The average molecular weight is 391 g/mol. The maximum absolute atomic E-state index is 5.58. The minimum atomic E-state index is 0.363. The number of guanidine groups is 1. The van der Waals surface area contributed by atoms with Crippen molar-refractivity contribution in [3.05, 3.63) is 21.9 Å². The first-order chi connectivity index (χ1) is 13.2. The summed E-state index contributed by atoms with van der Waals surface area (Å²) in [6, 6.07) is 4.90. The van der Waals surface area contributed by atoms with E-state index in [1.165, 1.54) is 42.0 Å². The van der Waals surface area contributed by atoms with Gasteiger partial charge in [0.05, 0.1) is 25.8 Å². The number of aliphatic imine (C=N–C) groups is 1. The first-order valence-electron chi connectivity index (χ1n) is 10.6. The van der Waals surface area contributed by atoms with Crippen molar-refractivity contribution in [1.82, 2.24) is 15.1 Å². The quantitative estimate of drug-likeness (QED) is 0.619. The Morgan fingerprint density at radius 2 is 2.07 bits per heavy atom. The van der Waals surface area contributed by atoms with Crippen molar-refractivity contribution in [2.45, 2.75) is 45.6 Å². The van der Waals surface area contributed by atoms with Crippen molar-refractivity contribution in [2.24, 2.45) is 10.4 Å². The van der Waals surface area contributed by atoms with E-state index in [0.29, 0.717) is 11.5 Å². The Morgan fingerprint density at radius 3 is 2.67 bits per heavy atom. The number of ether oxygens (including phenoxy) is 1. The molecule has 1 aromatic heterocycles. The maximum atomic E-state index is 5.58. The summed E-state index contributed by atoms with van der Waals surface area (Å²) in [4.78, 5) is 13.0. The molecule has 3 fully saturated rings. The van der Waals surface area contributed by atoms with E-state index < -0.39 is 0 Å². The lowest BCUT2D eigenvalue weighted by Crippen LogP contribution is -2.44. The summed E-state index contributed by atoms with van der Waals surface area (Å²) in [6.07, 6.45) is 5.58. The Morgan fingerprint density at radius 1 is 1.26 bits per heavy atom. The summed E-state index contributed by atoms with van der Waals surface area (Å²) in [5.41, 5.74) is 0.602. The molecule has 0 radical (unpaired) electrons. The van der Waals surface area contributed by atoms with Crippen LogP contribution in [0.4, 0.5) is 0 Å². The predicted octanol–water partition coefficient (Wildman–Crippen LogP) is 3.27. The van der Waals surface area contributed by atoms with Crippen LogP contribution in [0.1, 0.15) is 48.4 Å². The van der Waals surface area contributed by atoms with Crippen LogP contribution in [0.5, 0.6) is 0 Å². The van der Waals surface area contributed by atoms with Crippen LogP contribution in [0.2, 0.25) is 0 Å². The highest BCUT2D eigenvalue weighted by Gasteiger charge is 2.43. The van der Waals surface area contributed by atoms with E-state index in [1.807, 2.05) is 11.3 Å². The molecule has 1 aromatic rings. The Labute approximate surface area is 167 Å². The molecule has 5 nitrogen and oxygen atoms in total. The lowest BCUT2D eigenvalue weighted by molar-refractivity contribution is 0.0186. The minimum Gasteiger partial charge on any atom is -0.379 e. The van der Waals surface area contributed by atoms with Crippen LogP contribution >= 0.6 is 11.3 Å². The highest BCUT2D eigenvalue weighted by atomic mass is 32.1. The Balaban J connectivity index is 1.49. The van der Waals surface area contributed by atoms with E-state index in [-0.39, 0.29) is 0 Å². The molecule has 2 aliphatic heterocycles. The summed E-state index contributed by atoms with van der Waals surface area (Å²) >= 11 is 1.91. The molecule has 0 bridgehead atoms. The zero-order valence-corrected chi connectivity index (χ0v) is 17.7. The van der Waals surface area contributed by atoms with Gasteiger partial charge >= 0.3 is 0 Å². The topological polar surface area (TPSA) is 40.1 Å². The van der Waals surface area contributed by atoms with Gasteiger partial charge in [0, 0.05) is 42.5 Å². The van der Waals surface area contributed by atoms with Gasteiger partial charge in [-0.05, 0) is 50.7 Å². The summed E-state index contributed by atoms with van der Waals surface area (Å²) in [6.45, 7) is 12.1. The molecule has 1 spiro atoms. The van der Waals surface area contributed by atoms with Crippen LogP contribution in [-0.4, -0.2) is 68.2 Å². The normalized spacial score (nSPS) is 24.2. The lowest BCUT2D eigenvalue weighted by Gasteiger charge is -2.38. The third-order valence-corrected chi connectivity index (χ3v) is 7.58. The van der Waals surface area contributed by atoms with Gasteiger partial charge in [-0.25, -0.2) is 0 Å². The molecule has 0 amide bonds. The van der Waals surface area contributed by atoms with Crippen molar-refractivity contribution >= 4 is 17.3 Å². The fraction of sp³-hybridized carbons (Fsp3) is 0.762. The van der Waals surface area contributed by atoms with Crippen LogP contribution in [-0.2, 0) is 4.74 Å². The Kier molecular flexibility index (Phi) is 6.05. The van der Waals surface area contributed by atoms with Gasteiger partial charge in [-0.2, -0.15) is 0 Å². The summed E-state index contributed by atoms with van der Waals surface area (Å²) in [5, 5.41) is 3.56. The second-order valence-corrected chi connectivity index (χ2v) is 9.65. The molecule has 0 aromatic carbocycles. The van der Waals surface area contributed by atoms with E-state index in [0.717, 1.165) is 51.9 Å². The van der Waals surface area contributed by atoms with Gasteiger partial charge in [0.2, 0.25) is 0 Å². The molecule has 4 rings (SSSR count). The molecule has 1 aliphatic carbocycles. The molecule has 27 heavy (non-hydrogen) atoms. The smallest absolute Gasteiger partial charge is 0.194 e. The van der Waals surface area contributed by atoms with Crippen LogP contribution < -0.4 is 5.32 Å². The Bertz CT molecular complexity index is 648. The van der Waals surface area contributed by atoms with Crippen molar-refractivity contribution in [3.63, 3.8) is 0 Å². The second kappa shape index (κ2) is 8.50. The molecular formula is C21H34N4OS. The average Bonchev–Trinajstić information content (AvgIpc) is 3.29. The molecule has 1 saturated carbocycles. The number of hydrogen-bond acceptors (Lipinski definition) is 4. The number of morpholine rings is 1. The molecular weight excluding hydrogens is 356 g/mol. The van der Waals surface area contributed by atoms with Crippen LogP contribution in [0.15, 0.2) is 17.1 Å². The molecule has 1 unspecified atom stereocenters. The van der Waals surface area contributed by atoms with Gasteiger partial charge in [-0.1, -0.05) is 6.42 Å². The van der Waals surface area contributed by atoms with Crippen molar-refractivity contribution in [3.8, 4) is 0 Å². The van der Waals surface area contributed by atoms with Gasteiger partial charge in [0.25, 0.3) is 0 Å². The molecule has 6 heteroatoms. The number of nitrogens with one attached hydrogen (secondary N) is 1. The van der Waals surface area contributed by atoms with Crippen molar-refractivity contribution < 1.29 is 4.74 Å². The minimum absolute atomic E-state index is 0.363. The van der Waals surface area contributed by atoms with Gasteiger partial charge in [0.15, 0.2) is 5.96 Å². The van der Waals surface area contributed by atoms with Gasteiger partial charge in [-0.3, -0.25) is 9.89 Å². The monoisotopic (exact) mass is 390 g/mol. The van der Waals surface area contributed by atoms with Crippen LogP contribution in [0.3, 0.4) is 0 Å². The summed E-state index contributed by atoms with van der Waals surface area (Å²) in [7, 11) is 0. The highest BCUT2D eigenvalue weighted by Crippen LogP contribution is 2.47. The van der Waals surface area contributed by atoms with E-state index in [2.05, 4.69) is 41.1 Å². The van der Waals surface area contributed by atoms with Crippen LogP contribution in [0.25, 0.3) is 0 Å². The number of nitrogens with zero attached hydrogens (tertiary/aromatic N) is 3. The fourth-order valence-corrected chi connectivity index (χ4v) is 5.71. The number of aryl methyl sites for hydroxylation is 1. The van der Waals surface area contributed by atoms with Crippen molar-refractivity contribution in [1.29, 1.82) is 0 Å². The molecule has 150 valence electrons. The van der Waals surface area contributed by atoms with Gasteiger partial charge < -0.3 is 15.0 Å². The zero-order valence-electron chi connectivity index (χ0n) is 16.9. The summed E-state index contributed by atoms with van der Waals surface area (Å²) < 4.78 is 5.58. The molecule has 2 saturated heterocycles. The van der Waals surface area contributed by atoms with Crippen molar-refractivity contribution in [2.75, 3.05) is 52.5 Å². The van der Waals surface area contributed by atoms with E-state index in [4.69, 9.17) is 9.73 Å². The SMILES string of the molecule is CCNC(=NCC(c1ccc(C)s1)N1CCOCC1)N1CCC2(CCC2)C1. The molecule has 3 heterocycles. The maximum Gasteiger partial charge on any atom is 0.194 e. The van der Waals surface area contributed by atoms with Crippen LogP contribution in [0, 0.1) is 12.3 Å². The first kappa shape index (κ1) is 19.2. The Hall–Kier alpha value is -1.11. The number of rotatable bonds is 5. The third kappa shape index (κ3) is 4.33. The lowest BCUT2D eigenvalue weighted by atomic mass is 9.68. The number of thiophene rings is 1. The van der Waals surface area contributed by atoms with E-state index >= 15 is 0 Å². The molecule has 1 atom stereocenters. The second-order valence-electron chi connectivity index (χ2n) is 8.33. The molecule has 1 N–H and O–H groups in total.